The van der Waals surface area contributed by atoms with Crippen LogP contribution in [0.2, 0.25) is 0 Å². The van der Waals surface area contributed by atoms with Crippen molar-refractivity contribution in [1.82, 2.24) is 4.98 Å². The summed E-state index contributed by atoms with van der Waals surface area (Å²) in [5.74, 6) is 0.103. The Balaban J connectivity index is 1.59. The lowest BCUT2D eigenvalue weighted by atomic mass is 9.87. The van der Waals surface area contributed by atoms with Crippen LogP contribution in [0.15, 0.2) is 76.0 Å². The molecular formula is C23H24N2O3S2. The van der Waals surface area contributed by atoms with Crippen LogP contribution >= 0.6 is 11.3 Å². The third-order valence-electron chi connectivity index (χ3n) is 5.67. The fraction of sp³-hybridized carbons (Fsp3) is 0.304. The number of aromatic nitrogens is 1. The molecule has 1 saturated carbocycles. The van der Waals surface area contributed by atoms with E-state index < -0.39 is 9.84 Å². The maximum absolute atomic E-state index is 13.0. The first-order valence-corrected chi connectivity index (χ1v) is 12.5. The number of nitrogens with zero attached hydrogens (tertiary/aromatic N) is 1. The predicted octanol–water partition coefficient (Wildman–Crippen LogP) is 5.28. The summed E-state index contributed by atoms with van der Waals surface area (Å²) in [6, 6.07) is 15.2. The highest BCUT2D eigenvalue weighted by atomic mass is 32.2. The van der Waals surface area contributed by atoms with E-state index in [0.717, 1.165) is 24.8 Å². The van der Waals surface area contributed by atoms with Gasteiger partial charge in [-0.2, -0.15) is 0 Å². The molecule has 0 aliphatic heterocycles. The highest BCUT2D eigenvalue weighted by Crippen LogP contribution is 2.35. The van der Waals surface area contributed by atoms with E-state index in [-0.39, 0.29) is 21.6 Å². The van der Waals surface area contributed by atoms with Gasteiger partial charge in [0.1, 0.15) is 0 Å². The molecule has 1 fully saturated rings. The van der Waals surface area contributed by atoms with Crippen molar-refractivity contribution in [2.45, 2.75) is 47.8 Å². The zero-order chi connectivity index (χ0) is 21.0. The maximum Gasteiger partial charge on any atom is 0.233 e. The lowest BCUT2D eigenvalue weighted by Gasteiger charge is -2.20. The molecular weight excluding hydrogens is 416 g/mol. The van der Waals surface area contributed by atoms with Crippen LogP contribution in [-0.4, -0.2) is 19.3 Å². The van der Waals surface area contributed by atoms with Crippen LogP contribution < -0.4 is 5.32 Å². The van der Waals surface area contributed by atoms with Gasteiger partial charge in [0, 0.05) is 11.6 Å². The van der Waals surface area contributed by atoms with Gasteiger partial charge < -0.3 is 5.32 Å². The van der Waals surface area contributed by atoms with Crippen molar-refractivity contribution in [3.63, 3.8) is 0 Å². The van der Waals surface area contributed by atoms with Gasteiger partial charge in [-0.05, 0) is 42.2 Å². The highest BCUT2D eigenvalue weighted by molar-refractivity contribution is 7.91. The number of carbonyl (C=O) groups excluding carboxylic acids is 1. The molecule has 1 unspecified atom stereocenters. The Morgan fingerprint density at radius 1 is 1.03 bits per heavy atom. The van der Waals surface area contributed by atoms with Crippen molar-refractivity contribution in [3.05, 3.63) is 71.7 Å². The van der Waals surface area contributed by atoms with Crippen LogP contribution in [-0.2, 0) is 14.6 Å². The van der Waals surface area contributed by atoms with Crippen molar-refractivity contribution in [2.75, 3.05) is 5.32 Å². The van der Waals surface area contributed by atoms with Crippen molar-refractivity contribution in [3.8, 4) is 0 Å². The minimum atomic E-state index is -3.57. The van der Waals surface area contributed by atoms with Gasteiger partial charge in [-0.25, -0.2) is 13.4 Å². The number of benzene rings is 2. The normalized spacial score (nSPS) is 15.7. The van der Waals surface area contributed by atoms with Crippen LogP contribution in [0.3, 0.4) is 0 Å². The van der Waals surface area contributed by atoms with Crippen LogP contribution in [0.4, 0.5) is 5.13 Å². The summed E-state index contributed by atoms with van der Waals surface area (Å²) >= 11 is 1.39. The summed E-state index contributed by atoms with van der Waals surface area (Å²) in [5.41, 5.74) is 0.836. The zero-order valence-corrected chi connectivity index (χ0v) is 18.2. The number of rotatable bonds is 7. The summed E-state index contributed by atoms with van der Waals surface area (Å²) < 4.78 is 25.7. The second-order valence-electron chi connectivity index (χ2n) is 7.65. The van der Waals surface area contributed by atoms with Crippen LogP contribution in [0.5, 0.6) is 0 Å². The Morgan fingerprint density at radius 2 is 1.70 bits per heavy atom. The van der Waals surface area contributed by atoms with Gasteiger partial charge in [-0.15, -0.1) is 11.3 Å². The van der Waals surface area contributed by atoms with Crippen LogP contribution in [0.25, 0.3) is 0 Å². The number of amides is 1. The first-order valence-electron chi connectivity index (χ1n) is 10.1. The molecule has 0 saturated heterocycles. The number of hydrogen-bond acceptors (Lipinski definition) is 5. The van der Waals surface area contributed by atoms with E-state index in [9.17, 15) is 13.2 Å². The second kappa shape index (κ2) is 9.10. The lowest BCUT2D eigenvalue weighted by Crippen LogP contribution is -2.23. The molecule has 1 N–H and O–H groups in total. The first-order chi connectivity index (χ1) is 14.5. The molecule has 7 heteroatoms. The minimum absolute atomic E-state index is 0.0875. The summed E-state index contributed by atoms with van der Waals surface area (Å²) in [6.45, 7) is 0. The number of anilines is 1. The Bertz CT molecular complexity index is 1070. The fourth-order valence-corrected chi connectivity index (χ4v) is 5.88. The minimum Gasteiger partial charge on any atom is -0.301 e. The van der Waals surface area contributed by atoms with E-state index in [2.05, 4.69) is 10.3 Å². The molecule has 0 spiro atoms. The summed E-state index contributed by atoms with van der Waals surface area (Å²) in [4.78, 5) is 17.7. The maximum atomic E-state index is 13.0. The quantitative estimate of drug-likeness (QED) is 0.542. The number of carbonyl (C=O) groups is 1. The van der Waals surface area contributed by atoms with E-state index in [1.54, 1.807) is 60.8 Å². The van der Waals surface area contributed by atoms with Gasteiger partial charge in [0.05, 0.1) is 15.7 Å². The second-order valence-corrected chi connectivity index (χ2v) is 10.5. The third-order valence-corrected chi connectivity index (χ3v) is 8.14. The zero-order valence-electron chi connectivity index (χ0n) is 16.5. The number of sulfone groups is 1. The van der Waals surface area contributed by atoms with E-state index in [1.165, 1.54) is 24.2 Å². The molecule has 5 nitrogen and oxygen atoms in total. The number of hydrogen-bond donors (Lipinski definition) is 1. The SMILES string of the molecule is O=C(Nc1nccs1)C(CC1CCCC1)c1ccc(S(=O)(=O)c2ccccc2)cc1. The van der Waals surface area contributed by atoms with Gasteiger partial charge in [0.25, 0.3) is 0 Å². The Hall–Kier alpha value is -2.51. The third kappa shape index (κ3) is 4.63. The molecule has 156 valence electrons. The van der Waals surface area contributed by atoms with Gasteiger partial charge in [-0.1, -0.05) is 56.0 Å². The van der Waals surface area contributed by atoms with E-state index in [1.807, 2.05) is 5.38 Å². The summed E-state index contributed by atoms with van der Waals surface area (Å²) in [6.07, 6.45) is 7.12. The Morgan fingerprint density at radius 3 is 2.33 bits per heavy atom. The summed E-state index contributed by atoms with van der Waals surface area (Å²) in [5, 5.41) is 5.32. The molecule has 1 aliphatic rings. The predicted molar refractivity (Wildman–Crippen MR) is 118 cm³/mol. The van der Waals surface area contributed by atoms with Gasteiger partial charge in [0.15, 0.2) is 5.13 Å². The molecule has 1 aliphatic carbocycles. The molecule has 0 radical (unpaired) electrons. The van der Waals surface area contributed by atoms with Crippen LogP contribution in [0, 0.1) is 5.92 Å². The first kappa shape index (κ1) is 20.8. The van der Waals surface area contributed by atoms with E-state index in [0.29, 0.717) is 11.0 Å². The molecule has 4 rings (SSSR count). The standard InChI is InChI=1S/C23H24N2O3S2/c26-22(25-23-24-14-15-29-23)21(16-17-6-4-5-7-17)18-10-12-20(13-11-18)30(27,28)19-8-2-1-3-9-19/h1-3,8-15,17,21H,4-7,16H2,(H,24,25,26). The fourth-order valence-electron chi connectivity index (χ4n) is 4.07. The van der Waals surface area contributed by atoms with E-state index >= 15 is 0 Å². The molecule has 1 amide bonds. The number of thiazole rings is 1. The largest absolute Gasteiger partial charge is 0.301 e. The van der Waals surface area contributed by atoms with Gasteiger partial charge >= 0.3 is 0 Å². The monoisotopic (exact) mass is 440 g/mol. The van der Waals surface area contributed by atoms with Gasteiger partial charge in [0.2, 0.25) is 15.7 Å². The van der Waals surface area contributed by atoms with Gasteiger partial charge in [-0.3, -0.25) is 4.79 Å². The molecule has 1 aromatic heterocycles. The van der Waals surface area contributed by atoms with E-state index in [4.69, 9.17) is 0 Å². The molecule has 3 aromatic rings. The molecule has 2 aromatic carbocycles. The number of nitrogens with one attached hydrogen (secondary N) is 1. The average molecular weight is 441 g/mol. The molecule has 1 atom stereocenters. The highest BCUT2D eigenvalue weighted by Gasteiger charge is 2.28. The van der Waals surface area contributed by atoms with Crippen molar-refractivity contribution >= 4 is 32.2 Å². The molecule has 1 heterocycles. The lowest BCUT2D eigenvalue weighted by molar-refractivity contribution is -0.118. The smallest absolute Gasteiger partial charge is 0.233 e. The Labute approximate surface area is 181 Å². The van der Waals surface area contributed by atoms with Crippen molar-refractivity contribution in [2.24, 2.45) is 5.92 Å². The van der Waals surface area contributed by atoms with Crippen molar-refractivity contribution < 1.29 is 13.2 Å². The van der Waals surface area contributed by atoms with Crippen LogP contribution in [0.1, 0.15) is 43.6 Å². The topological polar surface area (TPSA) is 76.1 Å². The molecule has 0 bridgehead atoms. The van der Waals surface area contributed by atoms with Crippen molar-refractivity contribution in [1.29, 1.82) is 0 Å². The summed E-state index contributed by atoms with van der Waals surface area (Å²) in [7, 11) is -3.57. The average Bonchev–Trinajstić information content (AvgIpc) is 3.47. The Kier molecular flexibility index (Phi) is 6.29. The molecule has 30 heavy (non-hydrogen) atoms.